The highest BCUT2D eigenvalue weighted by Crippen LogP contribution is 2.00. The van der Waals surface area contributed by atoms with Gasteiger partial charge in [0, 0.05) is 20.1 Å². The van der Waals surface area contributed by atoms with Crippen molar-refractivity contribution in [3.8, 4) is 0 Å². The van der Waals surface area contributed by atoms with Crippen molar-refractivity contribution in [1.29, 1.82) is 0 Å². The summed E-state index contributed by atoms with van der Waals surface area (Å²) in [6, 6.07) is -0.0375. The van der Waals surface area contributed by atoms with Crippen molar-refractivity contribution in [2.24, 2.45) is 0 Å². The van der Waals surface area contributed by atoms with E-state index >= 15 is 0 Å². The first-order chi connectivity index (χ1) is 6.63. The van der Waals surface area contributed by atoms with Gasteiger partial charge in [-0.3, -0.25) is 4.79 Å². The number of nitrogens with zero attached hydrogens (tertiary/aromatic N) is 1. The third-order valence-corrected chi connectivity index (χ3v) is 1.65. The summed E-state index contributed by atoms with van der Waals surface area (Å²) >= 11 is 0. The molecule has 14 heavy (non-hydrogen) atoms. The number of hydrogen-bond donors (Lipinski definition) is 1. The minimum absolute atomic E-state index is 0.0375. The number of carbonyl (C=O) groups excluding carboxylic acids is 1. The van der Waals surface area contributed by atoms with Crippen LogP contribution in [0.3, 0.4) is 0 Å². The van der Waals surface area contributed by atoms with Gasteiger partial charge in [-0.2, -0.15) is 0 Å². The molecule has 0 radical (unpaired) electrons. The minimum Gasteiger partial charge on any atom is -0.448 e. The van der Waals surface area contributed by atoms with Crippen molar-refractivity contribution in [2.75, 3.05) is 13.7 Å². The Bertz CT molecular complexity index is 309. The van der Waals surface area contributed by atoms with Gasteiger partial charge in [-0.05, 0) is 6.92 Å². The Hall–Kier alpha value is -1.36. The van der Waals surface area contributed by atoms with E-state index in [9.17, 15) is 4.79 Å². The van der Waals surface area contributed by atoms with Crippen molar-refractivity contribution in [3.63, 3.8) is 0 Å². The molecular formula is C9H14N2O3. The molecule has 5 heteroatoms. The van der Waals surface area contributed by atoms with E-state index < -0.39 is 0 Å². The molecule has 78 valence electrons. The Balaban J connectivity index is 2.50. The number of amides is 1. The van der Waals surface area contributed by atoms with E-state index in [0.29, 0.717) is 18.2 Å². The van der Waals surface area contributed by atoms with Gasteiger partial charge in [0.15, 0.2) is 11.6 Å². The molecule has 1 aromatic heterocycles. The molecule has 0 aliphatic rings. The smallest absolute Gasteiger partial charge is 0.273 e. The highest BCUT2D eigenvalue weighted by molar-refractivity contribution is 5.92. The summed E-state index contributed by atoms with van der Waals surface area (Å²) in [5.74, 6) is 0.237. The van der Waals surface area contributed by atoms with Crippen molar-refractivity contribution in [3.05, 3.63) is 17.8 Å². The van der Waals surface area contributed by atoms with Crippen LogP contribution in [-0.4, -0.2) is 30.6 Å². The number of carbonyl (C=O) groups is 1. The second-order valence-electron chi connectivity index (χ2n) is 3.08. The molecule has 1 heterocycles. The van der Waals surface area contributed by atoms with Crippen LogP contribution in [0.4, 0.5) is 0 Å². The number of aromatic nitrogens is 1. The van der Waals surface area contributed by atoms with Crippen molar-refractivity contribution >= 4 is 5.91 Å². The zero-order valence-electron chi connectivity index (χ0n) is 8.53. The lowest BCUT2D eigenvalue weighted by atomic mass is 10.3. The molecule has 0 aliphatic heterocycles. The topological polar surface area (TPSA) is 64.4 Å². The zero-order chi connectivity index (χ0) is 10.6. The SMILES string of the molecule is COC[C@@H](C)NC(=O)c1coc(C)n1. The fraction of sp³-hybridized carbons (Fsp3) is 0.556. The number of nitrogens with one attached hydrogen (secondary N) is 1. The maximum atomic E-state index is 11.5. The summed E-state index contributed by atoms with van der Waals surface area (Å²) in [4.78, 5) is 15.4. The highest BCUT2D eigenvalue weighted by Gasteiger charge is 2.12. The van der Waals surface area contributed by atoms with Gasteiger partial charge in [-0.1, -0.05) is 0 Å². The average Bonchev–Trinajstić information content (AvgIpc) is 2.52. The van der Waals surface area contributed by atoms with Crippen molar-refractivity contribution < 1.29 is 13.9 Å². The lowest BCUT2D eigenvalue weighted by Crippen LogP contribution is -2.35. The van der Waals surface area contributed by atoms with Gasteiger partial charge < -0.3 is 14.5 Å². The van der Waals surface area contributed by atoms with Gasteiger partial charge in [0.25, 0.3) is 5.91 Å². The Morgan fingerprint density at radius 1 is 1.79 bits per heavy atom. The number of rotatable bonds is 4. The molecule has 0 aliphatic carbocycles. The van der Waals surface area contributed by atoms with Gasteiger partial charge in [0.2, 0.25) is 0 Å². The molecule has 1 N–H and O–H groups in total. The summed E-state index contributed by atoms with van der Waals surface area (Å²) in [6.07, 6.45) is 1.34. The van der Waals surface area contributed by atoms with Crippen molar-refractivity contribution in [2.45, 2.75) is 19.9 Å². The molecule has 0 aromatic carbocycles. The molecule has 0 saturated carbocycles. The first-order valence-electron chi connectivity index (χ1n) is 4.35. The molecule has 0 bridgehead atoms. The standard InChI is InChI=1S/C9H14N2O3/c1-6(4-13-3)10-9(12)8-5-14-7(2)11-8/h5-6H,4H2,1-3H3,(H,10,12)/t6-/m1/s1. The zero-order valence-corrected chi connectivity index (χ0v) is 8.53. The van der Waals surface area contributed by atoms with E-state index in [1.54, 1.807) is 14.0 Å². The average molecular weight is 198 g/mol. The monoisotopic (exact) mass is 198 g/mol. The van der Waals surface area contributed by atoms with Gasteiger partial charge >= 0.3 is 0 Å². The van der Waals surface area contributed by atoms with Crippen LogP contribution >= 0.6 is 0 Å². The first kappa shape index (κ1) is 10.7. The van der Waals surface area contributed by atoms with Crippen LogP contribution < -0.4 is 5.32 Å². The predicted octanol–water partition coefficient (Wildman–Crippen LogP) is 0.748. The van der Waals surface area contributed by atoms with E-state index in [4.69, 9.17) is 9.15 Å². The van der Waals surface area contributed by atoms with Crippen LogP contribution in [0.2, 0.25) is 0 Å². The second kappa shape index (κ2) is 4.76. The van der Waals surface area contributed by atoms with Gasteiger partial charge in [0.05, 0.1) is 6.61 Å². The summed E-state index contributed by atoms with van der Waals surface area (Å²) in [7, 11) is 1.59. The summed E-state index contributed by atoms with van der Waals surface area (Å²) in [5.41, 5.74) is 0.297. The molecule has 0 saturated heterocycles. The second-order valence-corrected chi connectivity index (χ2v) is 3.08. The van der Waals surface area contributed by atoms with E-state index in [1.807, 2.05) is 6.92 Å². The fourth-order valence-corrected chi connectivity index (χ4v) is 1.06. The molecule has 0 spiro atoms. The van der Waals surface area contributed by atoms with Crippen LogP contribution in [0.1, 0.15) is 23.3 Å². The van der Waals surface area contributed by atoms with Crippen LogP contribution in [0.15, 0.2) is 10.7 Å². The number of oxazole rings is 1. The van der Waals surface area contributed by atoms with E-state index in [2.05, 4.69) is 10.3 Å². The summed E-state index contributed by atoms with van der Waals surface area (Å²) < 4.78 is 9.81. The van der Waals surface area contributed by atoms with Crippen LogP contribution in [-0.2, 0) is 4.74 Å². The van der Waals surface area contributed by atoms with Gasteiger partial charge in [0.1, 0.15) is 6.26 Å². The summed E-state index contributed by atoms with van der Waals surface area (Å²) in [5, 5.41) is 2.72. The largest absolute Gasteiger partial charge is 0.448 e. The third kappa shape index (κ3) is 2.85. The Morgan fingerprint density at radius 3 is 3.00 bits per heavy atom. The lowest BCUT2D eigenvalue weighted by molar-refractivity contribution is 0.0900. The molecule has 1 amide bonds. The third-order valence-electron chi connectivity index (χ3n) is 1.65. The molecule has 0 fully saturated rings. The maximum Gasteiger partial charge on any atom is 0.273 e. The molecule has 1 atom stereocenters. The van der Waals surface area contributed by atoms with Crippen LogP contribution in [0, 0.1) is 6.92 Å². The number of aryl methyl sites for hydroxylation is 1. The number of hydrogen-bond acceptors (Lipinski definition) is 4. The van der Waals surface area contributed by atoms with E-state index in [-0.39, 0.29) is 11.9 Å². The summed E-state index contributed by atoms with van der Waals surface area (Å²) in [6.45, 7) is 4.02. The number of ether oxygens (including phenoxy) is 1. The number of methoxy groups -OCH3 is 1. The maximum absolute atomic E-state index is 11.5. The first-order valence-corrected chi connectivity index (χ1v) is 4.35. The molecule has 1 rings (SSSR count). The fourth-order valence-electron chi connectivity index (χ4n) is 1.06. The minimum atomic E-state index is -0.244. The van der Waals surface area contributed by atoms with Crippen LogP contribution in [0.25, 0.3) is 0 Å². The lowest BCUT2D eigenvalue weighted by Gasteiger charge is -2.10. The van der Waals surface area contributed by atoms with E-state index in [1.165, 1.54) is 6.26 Å². The van der Waals surface area contributed by atoms with Gasteiger partial charge in [-0.15, -0.1) is 0 Å². The van der Waals surface area contributed by atoms with E-state index in [0.717, 1.165) is 0 Å². The molecule has 1 aromatic rings. The van der Waals surface area contributed by atoms with Crippen LogP contribution in [0.5, 0.6) is 0 Å². The Labute approximate surface area is 82.5 Å². The quantitative estimate of drug-likeness (QED) is 0.775. The normalized spacial score (nSPS) is 12.5. The Morgan fingerprint density at radius 2 is 2.50 bits per heavy atom. The Kier molecular flexibility index (Phi) is 3.64. The highest BCUT2D eigenvalue weighted by atomic mass is 16.5. The molecule has 0 unspecified atom stereocenters. The molecule has 5 nitrogen and oxygen atoms in total. The predicted molar refractivity (Wildman–Crippen MR) is 50.0 cm³/mol. The van der Waals surface area contributed by atoms with Crippen molar-refractivity contribution in [1.82, 2.24) is 10.3 Å². The molecular weight excluding hydrogens is 184 g/mol. The van der Waals surface area contributed by atoms with Gasteiger partial charge in [-0.25, -0.2) is 4.98 Å².